The van der Waals surface area contributed by atoms with Crippen molar-refractivity contribution >= 4 is 48.4 Å². The maximum Gasteiger partial charge on any atom is 0.375 e. The molecule has 0 heterocycles. The molecule has 0 radical (unpaired) electrons. The number of alkyl halides is 3. The number of halogens is 3. The van der Waals surface area contributed by atoms with E-state index in [9.17, 15) is 9.36 Å². The number of unbranched alkanes of at least 4 members (excludes halogenated alkanes) is 2. The van der Waals surface area contributed by atoms with Crippen molar-refractivity contribution in [2.75, 3.05) is 13.2 Å². The van der Waals surface area contributed by atoms with E-state index in [1.54, 1.807) is 13.8 Å². The molecule has 0 aromatic heterocycles. The van der Waals surface area contributed by atoms with Crippen molar-refractivity contribution in [2.24, 2.45) is 0 Å². The van der Waals surface area contributed by atoms with Crippen LogP contribution in [-0.4, -0.2) is 28.8 Å². The summed E-state index contributed by atoms with van der Waals surface area (Å²) in [5, 5.41) is 0. The molecule has 0 aromatic carbocycles. The van der Waals surface area contributed by atoms with Crippen LogP contribution in [0.25, 0.3) is 0 Å². The summed E-state index contributed by atoms with van der Waals surface area (Å²) >= 11 is 17.3. The van der Waals surface area contributed by atoms with Gasteiger partial charge in [-0.15, -0.1) is 0 Å². The van der Waals surface area contributed by atoms with E-state index in [0.29, 0.717) is 6.42 Å². The van der Waals surface area contributed by atoms with E-state index in [1.807, 2.05) is 6.92 Å². The fourth-order valence-electron chi connectivity index (χ4n) is 1.55. The van der Waals surface area contributed by atoms with Gasteiger partial charge in [0.2, 0.25) is 9.64 Å². The Hall–Kier alpha value is 0.490. The average molecular weight is 384 g/mol. The monoisotopic (exact) mass is 382 g/mol. The van der Waals surface area contributed by atoms with Gasteiger partial charge in [-0.3, -0.25) is 9.36 Å². The Labute approximate surface area is 141 Å². The summed E-state index contributed by atoms with van der Waals surface area (Å²) < 4.78 is 25.8. The Morgan fingerprint density at radius 1 is 1.10 bits per heavy atom. The summed E-state index contributed by atoms with van der Waals surface area (Å²) in [6.07, 6.45) is 2.64. The third-order valence-electron chi connectivity index (χ3n) is 2.41. The summed E-state index contributed by atoms with van der Waals surface area (Å²) in [5.41, 5.74) is 0. The number of esters is 1. The van der Waals surface area contributed by atoms with Gasteiger partial charge in [0.05, 0.1) is 13.2 Å². The molecule has 1 atom stereocenters. The second kappa shape index (κ2) is 10.3. The van der Waals surface area contributed by atoms with Crippen molar-refractivity contribution in [3.63, 3.8) is 0 Å². The normalized spacial score (nSPS) is 14.0. The second-order valence-corrected chi connectivity index (χ2v) is 8.65. The lowest BCUT2D eigenvalue weighted by Crippen LogP contribution is -2.33. The van der Waals surface area contributed by atoms with E-state index < -0.39 is 23.2 Å². The Balaban J connectivity index is 5.02. The molecule has 0 saturated heterocycles. The van der Waals surface area contributed by atoms with Gasteiger partial charge in [0.1, 0.15) is 0 Å². The minimum Gasteiger partial charge on any atom is -0.445 e. The van der Waals surface area contributed by atoms with Gasteiger partial charge in [0, 0.05) is 6.42 Å². The number of hydrogen-bond donors (Lipinski definition) is 0. The Kier molecular flexibility index (Phi) is 10.5. The maximum absolute atomic E-state index is 12.7. The van der Waals surface area contributed by atoms with Crippen molar-refractivity contribution < 1.29 is 23.1 Å². The molecule has 0 bridgehead atoms. The molecule has 21 heavy (non-hydrogen) atoms. The van der Waals surface area contributed by atoms with Crippen LogP contribution < -0.4 is 0 Å². The first-order chi connectivity index (χ1) is 9.71. The van der Waals surface area contributed by atoms with Crippen LogP contribution in [0.5, 0.6) is 0 Å². The molecular weight excluding hydrogens is 361 g/mol. The lowest BCUT2D eigenvalue weighted by molar-refractivity contribution is -0.146. The number of hydrogen-bond acceptors (Lipinski definition) is 5. The van der Waals surface area contributed by atoms with Gasteiger partial charge in [-0.05, 0) is 20.3 Å². The van der Waals surface area contributed by atoms with Crippen LogP contribution in [-0.2, 0) is 23.1 Å². The zero-order chi connectivity index (χ0) is 16.5. The molecule has 0 aliphatic rings. The zero-order valence-electron chi connectivity index (χ0n) is 12.4. The summed E-state index contributed by atoms with van der Waals surface area (Å²) in [6.45, 7) is 5.38. The predicted octanol–water partition coefficient (Wildman–Crippen LogP) is 5.07. The van der Waals surface area contributed by atoms with Crippen LogP contribution in [0.1, 0.15) is 46.5 Å². The third-order valence-corrected chi connectivity index (χ3v) is 5.77. The molecule has 0 aliphatic carbocycles. The second-order valence-electron chi connectivity index (χ2n) is 4.22. The first-order valence-corrected chi connectivity index (χ1v) is 9.60. The minimum atomic E-state index is -3.88. The lowest BCUT2D eigenvalue weighted by Gasteiger charge is -2.30. The van der Waals surface area contributed by atoms with E-state index >= 15 is 0 Å². The first-order valence-electron chi connectivity index (χ1n) is 6.86. The largest absolute Gasteiger partial charge is 0.445 e. The maximum atomic E-state index is 12.7. The Morgan fingerprint density at radius 3 is 2.00 bits per heavy atom. The molecular formula is C12H22Cl3O5P. The summed E-state index contributed by atoms with van der Waals surface area (Å²) in [4.78, 5) is 11.8. The fraction of sp³-hybridized carbons (Fsp3) is 0.917. The molecule has 0 N–H and O–H groups in total. The molecule has 0 fully saturated rings. The van der Waals surface area contributed by atoms with E-state index in [0.717, 1.165) is 12.8 Å². The molecule has 0 spiro atoms. The molecule has 5 nitrogen and oxygen atoms in total. The highest BCUT2D eigenvalue weighted by atomic mass is 35.6. The molecule has 126 valence electrons. The first kappa shape index (κ1) is 21.5. The molecule has 0 aliphatic heterocycles. The van der Waals surface area contributed by atoms with Gasteiger partial charge in [-0.25, -0.2) is 0 Å². The van der Waals surface area contributed by atoms with Crippen LogP contribution >= 0.6 is 42.4 Å². The number of rotatable bonds is 10. The Bertz CT molecular complexity index is 349. The summed E-state index contributed by atoms with van der Waals surface area (Å²) in [6, 6.07) is 0. The number of carbonyl (C=O) groups excluding carboxylic acids is 1. The molecule has 9 heteroatoms. The zero-order valence-corrected chi connectivity index (χ0v) is 15.6. The topological polar surface area (TPSA) is 61.8 Å². The lowest BCUT2D eigenvalue weighted by atomic mass is 10.2. The number of carbonyl (C=O) groups is 1. The highest BCUT2D eigenvalue weighted by Crippen LogP contribution is 2.60. The summed E-state index contributed by atoms with van der Waals surface area (Å²) in [5.74, 6) is -2.19. The molecule has 0 rings (SSSR count). The number of ether oxygens (including phenoxy) is 1. The van der Waals surface area contributed by atoms with Crippen molar-refractivity contribution in [2.45, 2.75) is 56.1 Å². The van der Waals surface area contributed by atoms with E-state index in [2.05, 4.69) is 0 Å². The van der Waals surface area contributed by atoms with Crippen LogP contribution in [0.3, 0.4) is 0 Å². The van der Waals surface area contributed by atoms with E-state index in [-0.39, 0.29) is 19.6 Å². The van der Waals surface area contributed by atoms with Crippen molar-refractivity contribution in [1.82, 2.24) is 0 Å². The quantitative estimate of drug-likeness (QED) is 0.228. The molecule has 0 saturated carbocycles. The van der Waals surface area contributed by atoms with Crippen molar-refractivity contribution in [3.05, 3.63) is 0 Å². The van der Waals surface area contributed by atoms with Gasteiger partial charge in [-0.1, -0.05) is 54.6 Å². The molecule has 1 unspecified atom stereocenters. The molecule has 0 aromatic rings. The fourth-order valence-corrected chi connectivity index (χ4v) is 4.43. The van der Waals surface area contributed by atoms with Gasteiger partial charge in [0.25, 0.3) is 0 Å². The minimum absolute atomic E-state index is 0.0713. The highest BCUT2D eigenvalue weighted by Gasteiger charge is 2.51. The third kappa shape index (κ3) is 8.06. The van der Waals surface area contributed by atoms with Gasteiger partial charge in [0.15, 0.2) is 0 Å². The van der Waals surface area contributed by atoms with Crippen LogP contribution in [0.2, 0.25) is 0 Å². The van der Waals surface area contributed by atoms with Crippen molar-refractivity contribution in [1.29, 1.82) is 0 Å². The van der Waals surface area contributed by atoms with E-state index in [1.165, 1.54) is 0 Å². The summed E-state index contributed by atoms with van der Waals surface area (Å²) in [7, 11) is -3.88. The smallest absolute Gasteiger partial charge is 0.375 e. The van der Waals surface area contributed by atoms with Crippen molar-refractivity contribution in [3.8, 4) is 0 Å². The Morgan fingerprint density at radius 2 is 1.62 bits per heavy atom. The average Bonchev–Trinajstić information content (AvgIpc) is 2.35. The highest BCUT2D eigenvalue weighted by molar-refractivity contribution is 7.55. The van der Waals surface area contributed by atoms with Gasteiger partial charge < -0.3 is 13.8 Å². The van der Waals surface area contributed by atoms with Gasteiger partial charge in [-0.2, -0.15) is 0 Å². The SMILES string of the molecule is CCCCCC(=O)OC(C(Cl)(Cl)Cl)P(=O)(OCC)OCC. The molecule has 0 amide bonds. The van der Waals surface area contributed by atoms with Crippen LogP contribution in [0, 0.1) is 0 Å². The van der Waals surface area contributed by atoms with Crippen LogP contribution in [0.4, 0.5) is 0 Å². The van der Waals surface area contributed by atoms with Gasteiger partial charge >= 0.3 is 13.6 Å². The van der Waals surface area contributed by atoms with Crippen LogP contribution in [0.15, 0.2) is 0 Å². The predicted molar refractivity (Wildman–Crippen MR) is 85.2 cm³/mol. The van der Waals surface area contributed by atoms with E-state index in [4.69, 9.17) is 48.6 Å². The standard InChI is InChI=1S/C12H22Cl3O5P/c1-4-7-8-9-10(16)20-11(12(13,14)15)21(17,18-5-2)19-6-3/h11H,4-9H2,1-3H3.